The molecule has 1 atom stereocenters. The Morgan fingerprint density at radius 1 is 1.28 bits per heavy atom. The highest BCUT2D eigenvalue weighted by Gasteiger charge is 2.27. The summed E-state index contributed by atoms with van der Waals surface area (Å²) in [5.41, 5.74) is 1.79. The van der Waals surface area contributed by atoms with Crippen molar-refractivity contribution in [3.05, 3.63) is 35.4 Å². The molecule has 0 radical (unpaired) electrons. The van der Waals surface area contributed by atoms with Gasteiger partial charge >= 0.3 is 6.18 Å². The zero-order valence-corrected chi connectivity index (χ0v) is 10.2. The number of aliphatic hydroxyl groups is 1. The maximum absolute atomic E-state index is 11.8. The van der Waals surface area contributed by atoms with Gasteiger partial charge in [-0.2, -0.15) is 13.2 Å². The maximum atomic E-state index is 11.8. The second-order valence-corrected chi connectivity index (χ2v) is 4.18. The van der Waals surface area contributed by atoms with Gasteiger partial charge in [0.05, 0.1) is 6.10 Å². The van der Waals surface area contributed by atoms with E-state index in [4.69, 9.17) is 0 Å². The largest absolute Gasteiger partial charge is 0.411 e. The molecular formula is C13H17F3O2. The van der Waals surface area contributed by atoms with Crippen molar-refractivity contribution in [1.29, 1.82) is 0 Å². The first-order valence-electron chi connectivity index (χ1n) is 5.78. The van der Waals surface area contributed by atoms with E-state index in [1.165, 1.54) is 0 Å². The van der Waals surface area contributed by atoms with Gasteiger partial charge in [0, 0.05) is 6.61 Å². The summed E-state index contributed by atoms with van der Waals surface area (Å²) in [5.74, 6) is 0. The van der Waals surface area contributed by atoms with Crippen LogP contribution in [0.4, 0.5) is 13.2 Å². The van der Waals surface area contributed by atoms with Gasteiger partial charge in [-0.25, -0.2) is 0 Å². The molecule has 0 amide bonds. The summed E-state index contributed by atoms with van der Waals surface area (Å²) in [6.45, 7) is 0.661. The fourth-order valence-electron chi connectivity index (χ4n) is 1.68. The van der Waals surface area contributed by atoms with Crippen molar-refractivity contribution < 1.29 is 23.0 Å². The van der Waals surface area contributed by atoms with Crippen molar-refractivity contribution in [1.82, 2.24) is 0 Å². The van der Waals surface area contributed by atoms with Crippen LogP contribution in [0.3, 0.4) is 0 Å². The minimum atomic E-state index is -4.28. The van der Waals surface area contributed by atoms with Crippen molar-refractivity contribution in [3.8, 4) is 0 Å². The predicted molar refractivity (Wildman–Crippen MR) is 62.2 cm³/mol. The lowest BCUT2D eigenvalue weighted by Crippen LogP contribution is -2.17. The Kier molecular flexibility index (Phi) is 5.62. The molecule has 18 heavy (non-hydrogen) atoms. The Morgan fingerprint density at radius 2 is 1.94 bits per heavy atom. The highest BCUT2D eigenvalue weighted by molar-refractivity contribution is 5.27. The normalized spacial score (nSPS) is 13.6. The summed E-state index contributed by atoms with van der Waals surface area (Å²) in [4.78, 5) is 0. The number of aliphatic hydroxyl groups excluding tert-OH is 1. The molecule has 0 fully saturated rings. The van der Waals surface area contributed by atoms with Gasteiger partial charge in [0.1, 0.15) is 6.61 Å². The molecule has 0 heterocycles. The van der Waals surface area contributed by atoms with Crippen LogP contribution in [0.1, 0.15) is 30.1 Å². The smallest absolute Gasteiger partial charge is 0.388 e. The van der Waals surface area contributed by atoms with Gasteiger partial charge in [-0.1, -0.05) is 24.3 Å². The van der Waals surface area contributed by atoms with Crippen LogP contribution in [0.15, 0.2) is 24.3 Å². The molecule has 0 aliphatic heterocycles. The molecule has 2 nitrogen and oxygen atoms in total. The molecule has 0 saturated carbocycles. The van der Waals surface area contributed by atoms with E-state index in [1.54, 1.807) is 0 Å². The van der Waals surface area contributed by atoms with E-state index >= 15 is 0 Å². The van der Waals surface area contributed by atoms with E-state index < -0.39 is 18.9 Å². The molecule has 0 bridgehead atoms. The topological polar surface area (TPSA) is 29.5 Å². The molecule has 1 N–H and O–H groups in total. The minimum Gasteiger partial charge on any atom is -0.388 e. The summed E-state index contributed by atoms with van der Waals surface area (Å²) in [6.07, 6.45) is -4.15. The zero-order chi connectivity index (χ0) is 13.6. The summed E-state index contributed by atoms with van der Waals surface area (Å²) in [6, 6.07) is 7.40. The lowest BCUT2D eigenvalue weighted by Gasteiger charge is -2.13. The lowest BCUT2D eigenvalue weighted by atomic mass is 10.0. The zero-order valence-electron chi connectivity index (χ0n) is 10.2. The van der Waals surface area contributed by atoms with E-state index in [2.05, 4.69) is 4.74 Å². The molecule has 5 heteroatoms. The molecule has 1 rings (SSSR count). The summed E-state index contributed by atoms with van der Waals surface area (Å²) in [7, 11) is 0. The monoisotopic (exact) mass is 262 g/mol. The standard InChI is InChI=1S/C13H17F3O2/c1-10-5-2-3-6-11(10)12(17)7-4-8-18-9-13(14,15)16/h2-3,5-6,12,17H,4,7-9H2,1H3. The van der Waals surface area contributed by atoms with E-state index in [0.29, 0.717) is 12.8 Å². The number of benzene rings is 1. The predicted octanol–water partition coefficient (Wildman–Crippen LogP) is 3.39. The third kappa shape index (κ3) is 5.51. The fourth-order valence-corrected chi connectivity index (χ4v) is 1.68. The van der Waals surface area contributed by atoms with Gasteiger partial charge in [0.25, 0.3) is 0 Å². The molecule has 0 aromatic heterocycles. The van der Waals surface area contributed by atoms with Gasteiger partial charge in [0.2, 0.25) is 0 Å². The van der Waals surface area contributed by atoms with Crippen molar-refractivity contribution >= 4 is 0 Å². The Bertz CT molecular complexity index is 363. The van der Waals surface area contributed by atoms with Crippen molar-refractivity contribution in [2.45, 2.75) is 32.0 Å². The Balaban J connectivity index is 2.26. The number of hydrogen-bond acceptors (Lipinski definition) is 2. The molecule has 102 valence electrons. The lowest BCUT2D eigenvalue weighted by molar-refractivity contribution is -0.174. The van der Waals surface area contributed by atoms with E-state index in [0.717, 1.165) is 11.1 Å². The average molecular weight is 262 g/mol. The van der Waals surface area contributed by atoms with Crippen LogP contribution in [-0.4, -0.2) is 24.5 Å². The van der Waals surface area contributed by atoms with Gasteiger partial charge in [-0.15, -0.1) is 0 Å². The molecule has 1 aromatic carbocycles. The molecule has 0 spiro atoms. The van der Waals surface area contributed by atoms with Crippen LogP contribution in [0, 0.1) is 6.92 Å². The molecule has 1 unspecified atom stereocenters. The van der Waals surface area contributed by atoms with Gasteiger partial charge < -0.3 is 9.84 Å². The van der Waals surface area contributed by atoms with Crippen LogP contribution < -0.4 is 0 Å². The molecular weight excluding hydrogens is 245 g/mol. The fraction of sp³-hybridized carbons (Fsp3) is 0.538. The summed E-state index contributed by atoms with van der Waals surface area (Å²) < 4.78 is 39.8. The number of ether oxygens (including phenoxy) is 1. The van der Waals surface area contributed by atoms with Gasteiger partial charge in [-0.3, -0.25) is 0 Å². The Morgan fingerprint density at radius 3 is 2.56 bits per heavy atom. The van der Waals surface area contributed by atoms with Gasteiger partial charge in [0.15, 0.2) is 0 Å². The first-order valence-corrected chi connectivity index (χ1v) is 5.78. The van der Waals surface area contributed by atoms with E-state index in [1.807, 2.05) is 31.2 Å². The molecule has 0 aliphatic carbocycles. The van der Waals surface area contributed by atoms with Crippen LogP contribution in [0.2, 0.25) is 0 Å². The summed E-state index contributed by atoms with van der Waals surface area (Å²) in [5, 5.41) is 9.88. The summed E-state index contributed by atoms with van der Waals surface area (Å²) >= 11 is 0. The first-order chi connectivity index (χ1) is 8.40. The van der Waals surface area contributed by atoms with Crippen molar-refractivity contribution in [2.24, 2.45) is 0 Å². The van der Waals surface area contributed by atoms with Crippen LogP contribution >= 0.6 is 0 Å². The average Bonchev–Trinajstić information content (AvgIpc) is 2.27. The Hall–Kier alpha value is -1.07. The second-order valence-electron chi connectivity index (χ2n) is 4.18. The SMILES string of the molecule is Cc1ccccc1C(O)CCCOCC(F)(F)F. The van der Waals surface area contributed by atoms with Crippen molar-refractivity contribution in [2.75, 3.05) is 13.2 Å². The van der Waals surface area contributed by atoms with Crippen LogP contribution in [0.25, 0.3) is 0 Å². The van der Waals surface area contributed by atoms with Gasteiger partial charge in [-0.05, 0) is 30.9 Å². The molecule has 0 aliphatic rings. The first kappa shape index (κ1) is 15.0. The second kappa shape index (κ2) is 6.75. The quantitative estimate of drug-likeness (QED) is 0.796. The molecule has 1 aromatic rings. The van der Waals surface area contributed by atoms with E-state index in [-0.39, 0.29) is 6.61 Å². The maximum Gasteiger partial charge on any atom is 0.411 e. The number of alkyl halides is 3. The number of aryl methyl sites for hydroxylation is 1. The molecule has 0 saturated heterocycles. The number of hydrogen-bond donors (Lipinski definition) is 1. The van der Waals surface area contributed by atoms with Crippen LogP contribution in [0.5, 0.6) is 0 Å². The van der Waals surface area contributed by atoms with E-state index in [9.17, 15) is 18.3 Å². The number of rotatable bonds is 6. The highest BCUT2D eigenvalue weighted by Crippen LogP contribution is 2.21. The number of halogens is 3. The third-order valence-electron chi connectivity index (χ3n) is 2.58. The highest BCUT2D eigenvalue weighted by atomic mass is 19.4. The Labute approximate surface area is 104 Å². The third-order valence-corrected chi connectivity index (χ3v) is 2.58. The van der Waals surface area contributed by atoms with Crippen molar-refractivity contribution in [3.63, 3.8) is 0 Å². The minimum absolute atomic E-state index is 0.00243. The van der Waals surface area contributed by atoms with Crippen LogP contribution in [-0.2, 0) is 4.74 Å².